The lowest BCUT2D eigenvalue weighted by molar-refractivity contribution is -0.137. The number of aryl methyl sites for hydroxylation is 1. The molecule has 3 atom stereocenters. The summed E-state index contributed by atoms with van der Waals surface area (Å²) in [7, 11) is 0. The first kappa shape index (κ1) is 22.1. The van der Waals surface area contributed by atoms with Crippen LogP contribution in [0.4, 0.5) is 13.2 Å². The fourth-order valence-corrected chi connectivity index (χ4v) is 5.13. The van der Waals surface area contributed by atoms with E-state index in [1.54, 1.807) is 12.3 Å². The Morgan fingerprint density at radius 3 is 2.51 bits per heavy atom. The average Bonchev–Trinajstić information content (AvgIpc) is 3.58. The SMILES string of the molecule is O=c1cc(-c2ccc(C(F)(F)F)cc2)ccn1-c1ccc2c(cnn2CCC2CN3C[C@H]2CO3)c1. The van der Waals surface area contributed by atoms with Gasteiger partial charge < -0.3 is 0 Å². The van der Waals surface area contributed by atoms with Crippen LogP contribution in [0.3, 0.4) is 0 Å². The summed E-state index contributed by atoms with van der Waals surface area (Å²) in [4.78, 5) is 18.4. The minimum Gasteiger partial charge on any atom is -0.299 e. The van der Waals surface area contributed by atoms with Gasteiger partial charge >= 0.3 is 6.18 Å². The van der Waals surface area contributed by atoms with E-state index in [-0.39, 0.29) is 5.56 Å². The van der Waals surface area contributed by atoms with Gasteiger partial charge in [-0.3, -0.25) is 18.9 Å². The first-order chi connectivity index (χ1) is 16.8. The van der Waals surface area contributed by atoms with Gasteiger partial charge in [0.2, 0.25) is 0 Å². The van der Waals surface area contributed by atoms with Crippen molar-refractivity contribution >= 4 is 10.9 Å². The van der Waals surface area contributed by atoms with Crippen LogP contribution in [-0.2, 0) is 17.6 Å². The van der Waals surface area contributed by atoms with Gasteiger partial charge in [-0.15, -0.1) is 0 Å². The van der Waals surface area contributed by atoms with Crippen molar-refractivity contribution in [2.75, 3.05) is 19.7 Å². The van der Waals surface area contributed by atoms with Crippen LogP contribution >= 0.6 is 0 Å². The predicted molar refractivity (Wildman–Crippen MR) is 125 cm³/mol. The summed E-state index contributed by atoms with van der Waals surface area (Å²) in [6, 6.07) is 13.8. The number of rotatable bonds is 5. The van der Waals surface area contributed by atoms with Crippen LogP contribution < -0.4 is 5.56 Å². The first-order valence-corrected chi connectivity index (χ1v) is 11.6. The number of benzene rings is 2. The highest BCUT2D eigenvalue weighted by Gasteiger charge is 2.39. The minimum absolute atomic E-state index is 0.261. The molecule has 2 aliphatic rings. The molecule has 0 saturated carbocycles. The fourth-order valence-electron chi connectivity index (χ4n) is 5.13. The molecule has 2 bridgehead atoms. The molecule has 0 spiro atoms. The van der Waals surface area contributed by atoms with E-state index < -0.39 is 11.7 Å². The topological polar surface area (TPSA) is 52.3 Å². The van der Waals surface area contributed by atoms with Crippen molar-refractivity contribution in [1.82, 2.24) is 19.4 Å². The molecule has 0 radical (unpaired) electrons. The van der Waals surface area contributed by atoms with Gasteiger partial charge in [0.25, 0.3) is 5.56 Å². The number of hydrogen-bond donors (Lipinski definition) is 0. The molecule has 2 saturated heterocycles. The highest BCUT2D eigenvalue weighted by Crippen LogP contribution is 2.33. The standard InChI is InChI=1S/C26H23F3N4O2/c27-26(28,29)22-3-1-17(2-4-22)18-7-9-32(25(34)12-18)23-5-6-24-20(11-23)13-30-33(24)10-8-19-14-31-15-21(19)16-35-31/h1-7,9,11-13,19,21H,8,10,14-16H2/t19?,21-/m0/s1. The zero-order valence-electron chi connectivity index (χ0n) is 18.8. The highest BCUT2D eigenvalue weighted by atomic mass is 19.4. The molecule has 180 valence electrons. The second kappa shape index (κ2) is 8.35. The molecule has 2 aromatic carbocycles. The summed E-state index contributed by atoms with van der Waals surface area (Å²) in [5.41, 5.74) is 1.87. The number of fused-ring (bicyclic) bond motifs is 3. The van der Waals surface area contributed by atoms with Crippen molar-refractivity contribution in [2.24, 2.45) is 11.8 Å². The smallest absolute Gasteiger partial charge is 0.299 e. The summed E-state index contributed by atoms with van der Waals surface area (Å²) in [6.45, 7) is 3.67. The van der Waals surface area contributed by atoms with Crippen LogP contribution in [0.2, 0.25) is 0 Å². The van der Waals surface area contributed by atoms with Gasteiger partial charge in [0.15, 0.2) is 0 Å². The molecule has 6 rings (SSSR count). The Morgan fingerprint density at radius 2 is 1.83 bits per heavy atom. The number of pyridine rings is 1. The van der Waals surface area contributed by atoms with Gasteiger partial charge in [-0.05, 0) is 59.9 Å². The molecular formula is C26H23F3N4O2. The third-order valence-electron chi connectivity index (χ3n) is 7.09. The van der Waals surface area contributed by atoms with E-state index in [0.717, 1.165) is 55.7 Å². The maximum absolute atomic E-state index is 12.8. The van der Waals surface area contributed by atoms with Gasteiger partial charge in [0.05, 0.1) is 23.9 Å². The molecular weight excluding hydrogens is 457 g/mol. The fraction of sp³-hybridized carbons (Fsp3) is 0.308. The molecule has 6 nitrogen and oxygen atoms in total. The van der Waals surface area contributed by atoms with Gasteiger partial charge in [0, 0.05) is 48.9 Å². The van der Waals surface area contributed by atoms with Crippen LogP contribution in [0.5, 0.6) is 0 Å². The number of hydroxylamine groups is 2. The lowest BCUT2D eigenvalue weighted by Crippen LogP contribution is -2.25. The summed E-state index contributed by atoms with van der Waals surface area (Å²) in [6.07, 6.45) is 0.118. The monoisotopic (exact) mass is 480 g/mol. The van der Waals surface area contributed by atoms with Gasteiger partial charge in [0.1, 0.15) is 0 Å². The number of aromatic nitrogens is 3. The Kier molecular flexibility index (Phi) is 5.26. The van der Waals surface area contributed by atoms with Crippen molar-refractivity contribution < 1.29 is 18.0 Å². The molecule has 4 aromatic rings. The van der Waals surface area contributed by atoms with Gasteiger partial charge in [-0.1, -0.05) is 12.1 Å². The lowest BCUT2D eigenvalue weighted by Gasteiger charge is -2.21. The number of alkyl halides is 3. The zero-order valence-corrected chi connectivity index (χ0v) is 18.8. The normalized spacial score (nSPS) is 21.7. The molecule has 9 heteroatoms. The minimum atomic E-state index is -4.39. The molecule has 35 heavy (non-hydrogen) atoms. The Balaban J connectivity index is 1.21. The van der Waals surface area contributed by atoms with E-state index in [2.05, 4.69) is 10.2 Å². The van der Waals surface area contributed by atoms with Crippen LogP contribution in [-0.4, -0.2) is 39.1 Å². The van der Waals surface area contributed by atoms with Gasteiger partial charge in [-0.2, -0.15) is 23.3 Å². The third kappa shape index (κ3) is 4.15. The lowest BCUT2D eigenvalue weighted by atomic mass is 9.93. The summed E-state index contributed by atoms with van der Waals surface area (Å²) < 4.78 is 42.0. The zero-order chi connectivity index (χ0) is 24.2. The average molecular weight is 480 g/mol. The largest absolute Gasteiger partial charge is 0.416 e. The third-order valence-corrected chi connectivity index (χ3v) is 7.09. The van der Waals surface area contributed by atoms with E-state index in [1.165, 1.54) is 22.8 Å². The van der Waals surface area contributed by atoms with E-state index in [9.17, 15) is 18.0 Å². The van der Waals surface area contributed by atoms with Crippen molar-refractivity contribution in [3.05, 3.63) is 82.9 Å². The Morgan fingerprint density at radius 1 is 1.00 bits per heavy atom. The van der Waals surface area contributed by atoms with Crippen LogP contribution in [0.25, 0.3) is 27.7 Å². The first-order valence-electron chi connectivity index (χ1n) is 11.6. The molecule has 2 aliphatic heterocycles. The molecule has 4 heterocycles. The van der Waals surface area contributed by atoms with Crippen molar-refractivity contribution in [2.45, 2.75) is 19.1 Å². The van der Waals surface area contributed by atoms with Crippen LogP contribution in [0, 0.1) is 11.8 Å². The van der Waals surface area contributed by atoms with E-state index in [1.807, 2.05) is 29.1 Å². The van der Waals surface area contributed by atoms with Gasteiger partial charge in [-0.25, -0.2) is 0 Å². The molecule has 0 aliphatic carbocycles. The van der Waals surface area contributed by atoms with E-state index >= 15 is 0 Å². The van der Waals surface area contributed by atoms with E-state index in [4.69, 9.17) is 4.84 Å². The highest BCUT2D eigenvalue weighted by molar-refractivity contribution is 5.81. The van der Waals surface area contributed by atoms with Crippen molar-refractivity contribution in [3.8, 4) is 16.8 Å². The Hall–Kier alpha value is -3.43. The molecule has 0 amide bonds. The molecule has 2 fully saturated rings. The Bertz CT molecular complexity index is 1440. The summed E-state index contributed by atoms with van der Waals surface area (Å²) in [5.74, 6) is 1.24. The Labute approximate surface area is 199 Å². The maximum atomic E-state index is 12.8. The number of nitrogens with zero attached hydrogens (tertiary/aromatic N) is 4. The summed E-state index contributed by atoms with van der Waals surface area (Å²) in [5, 5.41) is 7.56. The van der Waals surface area contributed by atoms with Crippen molar-refractivity contribution in [3.63, 3.8) is 0 Å². The number of hydrogen-bond acceptors (Lipinski definition) is 4. The molecule has 0 N–H and O–H groups in total. The van der Waals surface area contributed by atoms with E-state index in [0.29, 0.717) is 28.7 Å². The van der Waals surface area contributed by atoms with Crippen LogP contribution in [0.15, 0.2) is 71.8 Å². The maximum Gasteiger partial charge on any atom is 0.416 e. The second-order valence-electron chi connectivity index (χ2n) is 9.26. The predicted octanol–water partition coefficient (Wildman–Crippen LogP) is 4.76. The number of halogens is 3. The molecule has 2 aromatic heterocycles. The van der Waals surface area contributed by atoms with Crippen molar-refractivity contribution in [1.29, 1.82) is 0 Å². The molecule has 2 unspecified atom stereocenters. The van der Waals surface area contributed by atoms with Crippen LogP contribution in [0.1, 0.15) is 12.0 Å². The second-order valence-corrected chi connectivity index (χ2v) is 9.26. The quantitative estimate of drug-likeness (QED) is 0.414. The summed E-state index contributed by atoms with van der Waals surface area (Å²) >= 11 is 0.